The van der Waals surface area contributed by atoms with Gasteiger partial charge in [-0.05, 0) is 51.2 Å². The van der Waals surface area contributed by atoms with E-state index in [9.17, 15) is 4.79 Å². The Balaban J connectivity index is 2.25. The van der Waals surface area contributed by atoms with Crippen LogP contribution in [0.3, 0.4) is 0 Å². The highest BCUT2D eigenvalue weighted by Crippen LogP contribution is 2.53. The van der Waals surface area contributed by atoms with Crippen LogP contribution in [0.25, 0.3) is 0 Å². The minimum absolute atomic E-state index is 0.0692. The first-order chi connectivity index (χ1) is 10.8. The summed E-state index contributed by atoms with van der Waals surface area (Å²) in [4.78, 5) is 15.4. The molecule has 2 nitrogen and oxygen atoms in total. The number of benzene rings is 1. The molecule has 0 bridgehead atoms. The van der Waals surface area contributed by atoms with Gasteiger partial charge in [0.15, 0.2) is 0 Å². The molecule has 126 valence electrons. The van der Waals surface area contributed by atoms with Gasteiger partial charge in [0.05, 0.1) is 0 Å². The van der Waals surface area contributed by atoms with Gasteiger partial charge in [-0.1, -0.05) is 51.3 Å². The second kappa shape index (κ2) is 5.65. The number of carbonyl (C=O) groups excluding carboxylic acids is 1. The van der Waals surface area contributed by atoms with Gasteiger partial charge >= 0.3 is 0 Å². The Morgan fingerprint density at radius 1 is 1.04 bits per heavy atom. The average Bonchev–Trinajstić information content (AvgIpc) is 2.58. The molecule has 2 aliphatic rings. The predicted octanol–water partition coefficient (Wildman–Crippen LogP) is 5.31. The second-order valence-corrected chi connectivity index (χ2v) is 8.66. The summed E-state index contributed by atoms with van der Waals surface area (Å²) in [6.07, 6.45) is 6.35. The van der Waals surface area contributed by atoms with E-state index in [1.54, 1.807) is 0 Å². The van der Waals surface area contributed by atoms with E-state index in [4.69, 9.17) is 0 Å². The molecule has 2 heteroatoms. The number of hydrogen-bond acceptors (Lipinski definition) is 1. The third-order valence-electron chi connectivity index (χ3n) is 6.33. The van der Waals surface area contributed by atoms with E-state index in [1.165, 1.54) is 37.7 Å². The molecule has 3 rings (SSSR count). The fourth-order valence-corrected chi connectivity index (χ4v) is 4.95. The molecule has 2 unspecified atom stereocenters. The highest BCUT2D eigenvalue weighted by Gasteiger charge is 2.49. The normalized spacial score (nSPS) is 27.7. The van der Waals surface area contributed by atoms with Gasteiger partial charge in [-0.2, -0.15) is 0 Å². The van der Waals surface area contributed by atoms with Crippen LogP contribution in [-0.2, 0) is 10.2 Å². The maximum absolute atomic E-state index is 13.3. The van der Waals surface area contributed by atoms with Crippen LogP contribution in [0.5, 0.6) is 0 Å². The molecule has 1 aromatic rings. The first-order valence-corrected chi connectivity index (χ1v) is 9.22. The third kappa shape index (κ3) is 2.51. The quantitative estimate of drug-likeness (QED) is 0.636. The van der Waals surface area contributed by atoms with Crippen LogP contribution in [0.1, 0.15) is 72.3 Å². The number of fused-ring (bicyclic) bond motifs is 2. The van der Waals surface area contributed by atoms with Crippen LogP contribution in [-0.4, -0.2) is 11.4 Å². The van der Waals surface area contributed by atoms with Crippen LogP contribution >= 0.6 is 0 Å². The van der Waals surface area contributed by atoms with E-state index in [2.05, 4.69) is 63.8 Å². The Kier molecular flexibility index (Phi) is 4.06. The van der Waals surface area contributed by atoms with Crippen molar-refractivity contribution in [2.24, 2.45) is 11.8 Å². The monoisotopic (exact) mass is 313 g/mol. The molecular weight excluding hydrogens is 282 g/mol. The van der Waals surface area contributed by atoms with Crippen molar-refractivity contribution in [2.45, 2.75) is 77.7 Å². The van der Waals surface area contributed by atoms with Gasteiger partial charge in [0.2, 0.25) is 5.91 Å². The maximum atomic E-state index is 13.3. The molecule has 1 fully saturated rings. The van der Waals surface area contributed by atoms with Crippen LogP contribution in [0, 0.1) is 11.8 Å². The van der Waals surface area contributed by atoms with Crippen LogP contribution in [0.15, 0.2) is 24.3 Å². The molecule has 1 aliphatic carbocycles. The molecule has 0 N–H and O–H groups in total. The highest BCUT2D eigenvalue weighted by atomic mass is 16.2. The molecule has 1 heterocycles. The number of nitrogens with zero attached hydrogens (tertiary/aromatic N) is 1. The third-order valence-corrected chi connectivity index (χ3v) is 6.33. The summed E-state index contributed by atoms with van der Waals surface area (Å²) in [5.41, 5.74) is 2.55. The van der Waals surface area contributed by atoms with Crippen molar-refractivity contribution in [1.82, 2.24) is 0 Å². The number of hydrogen-bond donors (Lipinski definition) is 0. The van der Waals surface area contributed by atoms with E-state index in [-0.39, 0.29) is 16.9 Å². The fourth-order valence-electron chi connectivity index (χ4n) is 4.95. The smallest absolute Gasteiger partial charge is 0.230 e. The summed E-state index contributed by atoms with van der Waals surface area (Å²) in [6.45, 7) is 10.9. The fraction of sp³-hybridized carbons (Fsp3) is 0.667. The van der Waals surface area contributed by atoms with Gasteiger partial charge in [0, 0.05) is 22.6 Å². The van der Waals surface area contributed by atoms with Crippen molar-refractivity contribution in [2.75, 3.05) is 4.90 Å². The Bertz CT molecular complexity index is 592. The molecule has 1 amide bonds. The Morgan fingerprint density at radius 3 is 2.26 bits per heavy atom. The molecule has 0 saturated heterocycles. The lowest BCUT2D eigenvalue weighted by Gasteiger charge is -2.44. The van der Waals surface area contributed by atoms with Gasteiger partial charge < -0.3 is 4.90 Å². The van der Waals surface area contributed by atoms with Gasteiger partial charge in [0.25, 0.3) is 0 Å². The Morgan fingerprint density at radius 2 is 1.65 bits per heavy atom. The number of rotatable bonds is 0. The van der Waals surface area contributed by atoms with Crippen molar-refractivity contribution in [3.05, 3.63) is 29.8 Å². The van der Waals surface area contributed by atoms with E-state index < -0.39 is 0 Å². The molecule has 1 aliphatic heterocycles. The largest absolute Gasteiger partial charge is 0.307 e. The minimum atomic E-state index is -0.193. The van der Waals surface area contributed by atoms with Gasteiger partial charge in [-0.3, -0.25) is 4.79 Å². The molecular formula is C21H31NO. The van der Waals surface area contributed by atoms with E-state index in [1.807, 2.05) is 0 Å². The van der Waals surface area contributed by atoms with Gasteiger partial charge in [0.1, 0.15) is 0 Å². The van der Waals surface area contributed by atoms with Gasteiger partial charge in [-0.25, -0.2) is 0 Å². The summed E-state index contributed by atoms with van der Waals surface area (Å²) in [5, 5.41) is 0. The standard InChI is InChI=1S/C21H31NO/c1-15-16(2)21(13-9-6-10-14-21)17-11-7-8-12-18(17)22(19(15)23)20(3,4)5/h7-8,11-12,15-16H,6,9-10,13-14H2,1-5H3. The Labute approximate surface area is 141 Å². The zero-order chi connectivity index (χ0) is 16.8. The summed E-state index contributed by atoms with van der Waals surface area (Å²) < 4.78 is 0. The number of carbonyl (C=O) groups is 1. The molecule has 1 aromatic carbocycles. The number of para-hydroxylation sites is 1. The molecule has 1 saturated carbocycles. The molecule has 1 spiro atoms. The average molecular weight is 313 g/mol. The highest BCUT2D eigenvalue weighted by molar-refractivity contribution is 5.98. The van der Waals surface area contributed by atoms with Crippen LogP contribution in [0.4, 0.5) is 5.69 Å². The van der Waals surface area contributed by atoms with Gasteiger partial charge in [-0.15, -0.1) is 0 Å². The lowest BCUT2D eigenvalue weighted by Crippen LogP contribution is -2.48. The summed E-state index contributed by atoms with van der Waals surface area (Å²) in [7, 11) is 0. The number of anilines is 1. The molecule has 2 atom stereocenters. The van der Waals surface area contributed by atoms with E-state index >= 15 is 0 Å². The molecule has 23 heavy (non-hydrogen) atoms. The zero-order valence-electron chi connectivity index (χ0n) is 15.4. The zero-order valence-corrected chi connectivity index (χ0v) is 15.4. The number of amides is 1. The van der Waals surface area contributed by atoms with Crippen molar-refractivity contribution in [3.8, 4) is 0 Å². The van der Waals surface area contributed by atoms with Crippen molar-refractivity contribution in [3.63, 3.8) is 0 Å². The maximum Gasteiger partial charge on any atom is 0.230 e. The van der Waals surface area contributed by atoms with E-state index in [0.717, 1.165) is 5.69 Å². The summed E-state index contributed by atoms with van der Waals surface area (Å²) in [6, 6.07) is 8.70. The van der Waals surface area contributed by atoms with Crippen molar-refractivity contribution in [1.29, 1.82) is 0 Å². The summed E-state index contributed by atoms with van der Waals surface area (Å²) in [5.74, 6) is 0.753. The second-order valence-electron chi connectivity index (χ2n) is 8.66. The topological polar surface area (TPSA) is 20.3 Å². The lowest BCUT2D eigenvalue weighted by atomic mass is 9.60. The van der Waals surface area contributed by atoms with Crippen molar-refractivity contribution < 1.29 is 4.79 Å². The van der Waals surface area contributed by atoms with Crippen LogP contribution in [0.2, 0.25) is 0 Å². The predicted molar refractivity (Wildman–Crippen MR) is 96.8 cm³/mol. The first-order valence-electron chi connectivity index (χ1n) is 9.22. The lowest BCUT2D eigenvalue weighted by molar-refractivity contribution is -0.125. The summed E-state index contributed by atoms with van der Waals surface area (Å²) >= 11 is 0. The first kappa shape index (κ1) is 16.5. The molecule has 0 radical (unpaired) electrons. The van der Waals surface area contributed by atoms with E-state index in [0.29, 0.717) is 11.8 Å². The van der Waals surface area contributed by atoms with Crippen LogP contribution < -0.4 is 4.90 Å². The molecule has 0 aromatic heterocycles. The minimum Gasteiger partial charge on any atom is -0.307 e. The van der Waals surface area contributed by atoms with Crippen molar-refractivity contribution >= 4 is 11.6 Å². The SMILES string of the molecule is CC1C(=O)N(C(C)(C)C)c2ccccc2C2(CCCCC2)C1C. The Hall–Kier alpha value is -1.31.